The van der Waals surface area contributed by atoms with E-state index in [1.807, 2.05) is 11.8 Å². The van der Waals surface area contributed by atoms with Crippen LogP contribution < -0.4 is 10.2 Å². The Morgan fingerprint density at radius 2 is 2.00 bits per heavy atom. The van der Waals surface area contributed by atoms with E-state index in [0.717, 1.165) is 18.1 Å². The summed E-state index contributed by atoms with van der Waals surface area (Å²) in [6, 6.07) is 6.93. The number of nitrogens with zero attached hydrogens (tertiary/aromatic N) is 1. The van der Waals surface area contributed by atoms with Crippen molar-refractivity contribution in [1.29, 1.82) is 0 Å². The predicted octanol–water partition coefficient (Wildman–Crippen LogP) is 4.66. The second-order valence-corrected chi connectivity index (χ2v) is 7.43. The Hall–Kier alpha value is -0.380. The lowest BCUT2D eigenvalue weighted by molar-refractivity contribution is 0.552. The molecular weight excluding hydrogens is 300 g/mol. The fraction of sp³-hybridized carbons (Fsp3) is 0.647. The van der Waals surface area contributed by atoms with Crippen LogP contribution in [-0.2, 0) is 6.54 Å². The molecule has 0 fully saturated rings. The van der Waals surface area contributed by atoms with E-state index in [9.17, 15) is 0 Å². The van der Waals surface area contributed by atoms with Gasteiger partial charge in [-0.25, -0.2) is 0 Å². The number of thioether (sulfide) groups is 1. The molecule has 0 spiro atoms. The van der Waals surface area contributed by atoms with Crippen LogP contribution in [0.4, 0.5) is 5.69 Å². The van der Waals surface area contributed by atoms with Crippen molar-refractivity contribution in [1.82, 2.24) is 5.32 Å². The summed E-state index contributed by atoms with van der Waals surface area (Å²) in [5.74, 6) is 1.85. The summed E-state index contributed by atoms with van der Waals surface area (Å²) >= 11 is 8.33. The van der Waals surface area contributed by atoms with Crippen LogP contribution in [0.5, 0.6) is 0 Å². The van der Waals surface area contributed by atoms with Crippen molar-refractivity contribution < 1.29 is 0 Å². The predicted molar refractivity (Wildman–Crippen MR) is 98.9 cm³/mol. The first-order chi connectivity index (χ1) is 9.95. The molecular formula is C17H29ClN2S. The Kier molecular flexibility index (Phi) is 8.53. The zero-order chi connectivity index (χ0) is 15.8. The average Bonchev–Trinajstić information content (AvgIpc) is 2.45. The summed E-state index contributed by atoms with van der Waals surface area (Å²) in [5, 5.41) is 4.29. The highest BCUT2D eigenvalue weighted by molar-refractivity contribution is 7.98. The van der Waals surface area contributed by atoms with Crippen molar-refractivity contribution in [3.8, 4) is 0 Å². The van der Waals surface area contributed by atoms with Gasteiger partial charge in [-0.15, -0.1) is 0 Å². The third-order valence-corrected chi connectivity index (χ3v) is 4.71. The average molecular weight is 329 g/mol. The molecule has 1 aromatic carbocycles. The smallest absolute Gasteiger partial charge is 0.0471 e. The quantitative estimate of drug-likeness (QED) is 0.709. The topological polar surface area (TPSA) is 15.3 Å². The first-order valence-electron chi connectivity index (χ1n) is 7.66. The molecule has 1 atom stereocenters. The monoisotopic (exact) mass is 328 g/mol. The number of nitrogens with one attached hydrogen (secondary N) is 1. The Balaban J connectivity index is 2.63. The molecule has 0 aliphatic rings. The van der Waals surface area contributed by atoms with Gasteiger partial charge in [0.25, 0.3) is 0 Å². The maximum Gasteiger partial charge on any atom is 0.0471 e. The van der Waals surface area contributed by atoms with Gasteiger partial charge in [0.05, 0.1) is 0 Å². The summed E-state index contributed by atoms with van der Waals surface area (Å²) < 4.78 is 0. The van der Waals surface area contributed by atoms with E-state index in [1.165, 1.54) is 23.4 Å². The van der Waals surface area contributed by atoms with E-state index >= 15 is 0 Å². The molecule has 0 aromatic heterocycles. The second-order valence-electron chi connectivity index (χ2n) is 6.04. The summed E-state index contributed by atoms with van der Waals surface area (Å²) in [5.41, 5.74) is 2.37. The molecule has 0 aliphatic carbocycles. The second kappa shape index (κ2) is 9.60. The highest BCUT2D eigenvalue weighted by Gasteiger charge is 2.11. The summed E-state index contributed by atoms with van der Waals surface area (Å²) in [6.07, 6.45) is 3.34. The van der Waals surface area contributed by atoms with Gasteiger partial charge >= 0.3 is 0 Å². The van der Waals surface area contributed by atoms with E-state index in [4.69, 9.17) is 11.6 Å². The molecule has 0 bridgehead atoms. The minimum Gasteiger partial charge on any atom is -0.372 e. The third kappa shape index (κ3) is 6.50. The molecule has 1 unspecified atom stereocenters. The van der Waals surface area contributed by atoms with Crippen LogP contribution in [0.3, 0.4) is 0 Å². The zero-order valence-electron chi connectivity index (χ0n) is 13.9. The van der Waals surface area contributed by atoms with Crippen molar-refractivity contribution in [2.24, 2.45) is 5.92 Å². The lowest BCUT2D eigenvalue weighted by Gasteiger charge is -2.27. The molecule has 0 aliphatic heterocycles. The molecule has 0 radical (unpaired) electrons. The molecule has 2 nitrogen and oxygen atoms in total. The molecule has 1 rings (SSSR count). The molecule has 21 heavy (non-hydrogen) atoms. The number of hydrogen-bond acceptors (Lipinski definition) is 3. The minimum absolute atomic E-state index is 0.526. The Morgan fingerprint density at radius 3 is 2.57 bits per heavy atom. The van der Waals surface area contributed by atoms with Gasteiger partial charge < -0.3 is 10.2 Å². The van der Waals surface area contributed by atoms with Crippen LogP contribution in [0, 0.1) is 5.92 Å². The highest BCUT2D eigenvalue weighted by Crippen LogP contribution is 2.25. The normalized spacial score (nSPS) is 12.7. The van der Waals surface area contributed by atoms with Crippen LogP contribution >= 0.6 is 23.4 Å². The molecule has 0 saturated carbocycles. The summed E-state index contributed by atoms with van der Waals surface area (Å²) in [7, 11) is 2.15. The van der Waals surface area contributed by atoms with Crippen LogP contribution in [0.2, 0.25) is 5.02 Å². The third-order valence-electron chi connectivity index (χ3n) is 3.71. The van der Waals surface area contributed by atoms with Crippen LogP contribution in [0.25, 0.3) is 0 Å². The first kappa shape index (κ1) is 18.7. The zero-order valence-corrected chi connectivity index (χ0v) is 15.5. The van der Waals surface area contributed by atoms with Gasteiger partial charge in [0.1, 0.15) is 0 Å². The first-order valence-corrected chi connectivity index (χ1v) is 9.43. The molecule has 1 aromatic rings. The van der Waals surface area contributed by atoms with Gasteiger partial charge in [0, 0.05) is 30.3 Å². The Bertz CT molecular complexity index is 423. The van der Waals surface area contributed by atoms with Gasteiger partial charge in [-0.2, -0.15) is 11.8 Å². The van der Waals surface area contributed by atoms with Gasteiger partial charge in [-0.1, -0.05) is 31.5 Å². The van der Waals surface area contributed by atoms with E-state index in [0.29, 0.717) is 12.0 Å². The number of hydrogen-bond donors (Lipinski definition) is 1. The van der Waals surface area contributed by atoms with Gasteiger partial charge in [0.2, 0.25) is 0 Å². The molecule has 4 heteroatoms. The van der Waals surface area contributed by atoms with Crippen LogP contribution in [0.15, 0.2) is 18.2 Å². The maximum atomic E-state index is 6.43. The largest absolute Gasteiger partial charge is 0.372 e. The lowest BCUT2D eigenvalue weighted by Crippen LogP contribution is -2.29. The minimum atomic E-state index is 0.526. The van der Waals surface area contributed by atoms with Crippen LogP contribution in [0.1, 0.15) is 32.8 Å². The molecule has 0 amide bonds. The fourth-order valence-corrected chi connectivity index (χ4v) is 2.95. The highest BCUT2D eigenvalue weighted by atomic mass is 35.5. The molecule has 1 N–H and O–H groups in total. The fourth-order valence-electron chi connectivity index (χ4n) is 2.13. The van der Waals surface area contributed by atoms with E-state index in [-0.39, 0.29) is 0 Å². The van der Waals surface area contributed by atoms with Crippen molar-refractivity contribution in [3.05, 3.63) is 28.8 Å². The number of anilines is 1. The lowest BCUT2D eigenvalue weighted by atomic mass is 10.1. The SMILES string of the molecule is CSCCC(C)N(C)c1ccc(CNCC(C)C)c(Cl)c1. The number of rotatable bonds is 9. The van der Waals surface area contributed by atoms with Gasteiger partial charge in [0.15, 0.2) is 0 Å². The molecule has 0 saturated heterocycles. The van der Waals surface area contributed by atoms with Crippen LogP contribution in [-0.4, -0.2) is 31.6 Å². The summed E-state index contributed by atoms with van der Waals surface area (Å²) in [4.78, 5) is 2.31. The molecule has 0 heterocycles. The summed E-state index contributed by atoms with van der Waals surface area (Å²) in [6.45, 7) is 8.54. The van der Waals surface area contributed by atoms with E-state index < -0.39 is 0 Å². The van der Waals surface area contributed by atoms with Gasteiger partial charge in [-0.3, -0.25) is 0 Å². The van der Waals surface area contributed by atoms with E-state index in [2.05, 4.69) is 62.5 Å². The number of halogens is 1. The van der Waals surface area contributed by atoms with E-state index in [1.54, 1.807) is 0 Å². The van der Waals surface area contributed by atoms with Crippen molar-refractivity contribution >= 4 is 29.1 Å². The van der Waals surface area contributed by atoms with Crippen molar-refractivity contribution in [2.45, 2.75) is 39.8 Å². The standard InChI is InChI=1S/C17H29ClN2S/c1-13(2)11-19-12-15-6-7-16(10-17(15)18)20(4)14(3)8-9-21-5/h6-7,10,13-14,19H,8-9,11-12H2,1-5H3. The maximum absolute atomic E-state index is 6.43. The van der Waals surface area contributed by atoms with Crippen molar-refractivity contribution in [3.63, 3.8) is 0 Å². The number of benzene rings is 1. The van der Waals surface area contributed by atoms with Gasteiger partial charge in [-0.05, 0) is 55.5 Å². The van der Waals surface area contributed by atoms with Crippen molar-refractivity contribution in [2.75, 3.05) is 30.5 Å². The Morgan fingerprint density at radius 1 is 1.29 bits per heavy atom. The Labute approximate surface area is 139 Å². The molecule has 120 valence electrons.